The quantitative estimate of drug-likeness (QED) is 0.125. The summed E-state index contributed by atoms with van der Waals surface area (Å²) in [6, 6.07) is 34.3. The molecule has 4 aromatic rings. The van der Waals surface area contributed by atoms with E-state index in [4.69, 9.17) is 14.2 Å². The Labute approximate surface area is 311 Å². The van der Waals surface area contributed by atoms with Crippen LogP contribution >= 0.6 is 12.4 Å². The molecule has 0 aromatic heterocycles. The van der Waals surface area contributed by atoms with E-state index < -0.39 is 0 Å². The Hall–Kier alpha value is -4.00. The number of carbonyl (C=O) groups is 1. The lowest BCUT2D eigenvalue weighted by atomic mass is 9.68. The molecule has 51 heavy (non-hydrogen) atoms. The van der Waals surface area contributed by atoms with E-state index in [1.54, 1.807) is 21.3 Å². The Morgan fingerprint density at radius 2 is 1.35 bits per heavy atom. The van der Waals surface area contributed by atoms with Crippen LogP contribution in [0.4, 0.5) is 0 Å². The lowest BCUT2D eigenvalue weighted by molar-refractivity contribution is -0.120. The Bertz CT molecular complexity index is 1660. The summed E-state index contributed by atoms with van der Waals surface area (Å²) < 4.78 is 16.8. The number of amides is 1. The van der Waals surface area contributed by atoms with Gasteiger partial charge < -0.3 is 19.5 Å². The molecule has 0 radical (unpaired) electrons. The monoisotopic (exact) mass is 710 g/mol. The number of hydrogen-bond donors (Lipinski definition) is 1. The Morgan fingerprint density at radius 3 is 2.02 bits per heavy atom. The van der Waals surface area contributed by atoms with Crippen LogP contribution in [0.15, 0.2) is 97.1 Å². The summed E-state index contributed by atoms with van der Waals surface area (Å²) in [5, 5.41) is 3.21. The first-order chi connectivity index (χ1) is 24.5. The second-order valence-corrected chi connectivity index (χ2v) is 14.2. The summed E-state index contributed by atoms with van der Waals surface area (Å²) in [4.78, 5) is 15.8. The molecular formula is C44H55ClN2O4. The number of methoxy groups -OCH3 is 3. The number of halogens is 1. The van der Waals surface area contributed by atoms with Crippen molar-refractivity contribution >= 4 is 18.3 Å². The summed E-state index contributed by atoms with van der Waals surface area (Å²) in [7, 11) is 5.11. The van der Waals surface area contributed by atoms with E-state index in [-0.39, 0.29) is 29.3 Å². The molecule has 1 fully saturated rings. The van der Waals surface area contributed by atoms with Crippen molar-refractivity contribution in [3.8, 4) is 17.2 Å². The van der Waals surface area contributed by atoms with Crippen molar-refractivity contribution in [3.63, 3.8) is 0 Å². The molecule has 1 saturated heterocycles. The molecule has 6 nitrogen and oxygen atoms in total. The smallest absolute Gasteiger partial charge is 0.224 e. The largest absolute Gasteiger partial charge is 0.496 e. The van der Waals surface area contributed by atoms with E-state index in [2.05, 4.69) is 83.0 Å². The van der Waals surface area contributed by atoms with Crippen LogP contribution in [0.2, 0.25) is 0 Å². The second kappa shape index (κ2) is 18.0. The van der Waals surface area contributed by atoms with Gasteiger partial charge >= 0.3 is 0 Å². The zero-order valence-corrected chi connectivity index (χ0v) is 31.4. The summed E-state index contributed by atoms with van der Waals surface area (Å²) in [5.74, 6) is 2.44. The van der Waals surface area contributed by atoms with Crippen LogP contribution in [-0.4, -0.2) is 57.3 Å². The van der Waals surface area contributed by atoms with Crippen molar-refractivity contribution < 1.29 is 19.0 Å². The lowest BCUT2D eigenvalue weighted by Crippen LogP contribution is -2.55. The van der Waals surface area contributed by atoms with Gasteiger partial charge in [-0.25, -0.2) is 0 Å². The van der Waals surface area contributed by atoms with Gasteiger partial charge in [-0.2, -0.15) is 0 Å². The summed E-state index contributed by atoms with van der Waals surface area (Å²) in [6.45, 7) is 2.88. The molecule has 1 unspecified atom stereocenters. The maximum atomic E-state index is 13.0. The molecule has 6 rings (SSSR count). The number of likely N-dealkylation sites (tertiary alicyclic amines) is 1. The number of ether oxygens (including phenoxy) is 3. The molecule has 2 aliphatic rings. The number of piperidine rings is 1. The molecule has 0 bridgehead atoms. The first-order valence-corrected chi connectivity index (χ1v) is 18.5. The van der Waals surface area contributed by atoms with Crippen LogP contribution in [0, 0.1) is 0 Å². The van der Waals surface area contributed by atoms with E-state index in [0.717, 1.165) is 74.4 Å². The molecule has 1 N–H and O–H groups in total. The number of benzene rings is 4. The summed E-state index contributed by atoms with van der Waals surface area (Å²) in [5.41, 5.74) is 6.48. The molecule has 1 atom stereocenters. The number of fused-ring (bicyclic) bond motifs is 1. The Kier molecular flexibility index (Phi) is 13.5. The van der Waals surface area contributed by atoms with Crippen LogP contribution in [0.5, 0.6) is 17.2 Å². The van der Waals surface area contributed by atoms with Crippen molar-refractivity contribution in [3.05, 3.63) is 125 Å². The van der Waals surface area contributed by atoms with Gasteiger partial charge in [0, 0.05) is 23.1 Å². The second-order valence-electron chi connectivity index (χ2n) is 14.2. The van der Waals surface area contributed by atoms with Gasteiger partial charge in [-0.15, -0.1) is 12.4 Å². The molecule has 1 heterocycles. The van der Waals surface area contributed by atoms with Crippen molar-refractivity contribution in [1.29, 1.82) is 0 Å². The molecule has 7 heteroatoms. The fourth-order valence-electron chi connectivity index (χ4n) is 8.81. The van der Waals surface area contributed by atoms with Crippen LogP contribution in [0.25, 0.3) is 0 Å². The zero-order chi connectivity index (χ0) is 34.8. The highest BCUT2D eigenvalue weighted by atomic mass is 35.5. The highest BCUT2D eigenvalue weighted by Gasteiger charge is 2.42. The Balaban J connectivity index is 0.00000504. The fourth-order valence-corrected chi connectivity index (χ4v) is 8.81. The minimum Gasteiger partial charge on any atom is -0.496 e. The van der Waals surface area contributed by atoms with Crippen molar-refractivity contribution in [1.82, 2.24) is 10.2 Å². The fraction of sp³-hybridized carbons (Fsp3) is 0.432. The maximum absolute atomic E-state index is 13.0. The molecule has 1 aliphatic heterocycles. The van der Waals surface area contributed by atoms with Crippen molar-refractivity contribution in [2.75, 3.05) is 41.0 Å². The molecule has 1 aliphatic carbocycles. The van der Waals surface area contributed by atoms with Gasteiger partial charge in [-0.3, -0.25) is 9.69 Å². The highest BCUT2D eigenvalue weighted by molar-refractivity contribution is 5.85. The first-order valence-electron chi connectivity index (χ1n) is 18.5. The average molecular weight is 711 g/mol. The Morgan fingerprint density at radius 1 is 0.745 bits per heavy atom. The SMILES string of the molecule is COc1ccccc1CC(=O)NCCCC(CCCN1CCCCC12CCc1cc(OC)c(OC)cc1C2)(c1ccccc1)c1ccccc1.Cl. The van der Waals surface area contributed by atoms with E-state index in [1.165, 1.54) is 47.9 Å². The van der Waals surface area contributed by atoms with Gasteiger partial charge in [-0.1, -0.05) is 85.3 Å². The van der Waals surface area contributed by atoms with Crippen molar-refractivity contribution in [2.24, 2.45) is 0 Å². The van der Waals surface area contributed by atoms with Crippen LogP contribution in [0.3, 0.4) is 0 Å². The molecular weight excluding hydrogens is 656 g/mol. The van der Waals surface area contributed by atoms with Gasteiger partial charge in [0.25, 0.3) is 0 Å². The molecule has 272 valence electrons. The van der Waals surface area contributed by atoms with E-state index in [1.807, 2.05) is 24.3 Å². The number of carbonyl (C=O) groups excluding carboxylic acids is 1. The third-order valence-corrected chi connectivity index (χ3v) is 11.4. The maximum Gasteiger partial charge on any atom is 0.224 e. The predicted molar refractivity (Wildman–Crippen MR) is 209 cm³/mol. The van der Waals surface area contributed by atoms with Gasteiger partial charge in [0.05, 0.1) is 27.8 Å². The normalized spacial score (nSPS) is 17.2. The number of nitrogens with zero attached hydrogens (tertiary/aromatic N) is 1. The molecule has 1 amide bonds. The predicted octanol–water partition coefficient (Wildman–Crippen LogP) is 8.75. The molecule has 0 saturated carbocycles. The average Bonchev–Trinajstić information content (AvgIpc) is 3.17. The number of rotatable bonds is 15. The van der Waals surface area contributed by atoms with Crippen molar-refractivity contribution in [2.45, 2.75) is 81.6 Å². The number of aryl methyl sites for hydroxylation is 1. The molecule has 1 spiro atoms. The van der Waals surface area contributed by atoms with Gasteiger partial charge in [0.1, 0.15) is 5.75 Å². The van der Waals surface area contributed by atoms with E-state index in [9.17, 15) is 4.79 Å². The third-order valence-electron chi connectivity index (χ3n) is 11.4. The number of hydrogen-bond acceptors (Lipinski definition) is 5. The lowest BCUT2D eigenvalue weighted by Gasteiger charge is -2.50. The topological polar surface area (TPSA) is 60.0 Å². The van der Waals surface area contributed by atoms with Crippen LogP contribution in [0.1, 0.15) is 79.2 Å². The van der Waals surface area contributed by atoms with Crippen LogP contribution < -0.4 is 19.5 Å². The summed E-state index contributed by atoms with van der Waals surface area (Å²) in [6.07, 6.45) is 11.4. The van der Waals surface area contributed by atoms with Gasteiger partial charge in [-0.05, 0) is 111 Å². The van der Waals surface area contributed by atoms with E-state index in [0.29, 0.717) is 13.0 Å². The van der Waals surface area contributed by atoms with E-state index >= 15 is 0 Å². The number of para-hydroxylation sites is 1. The highest BCUT2D eigenvalue weighted by Crippen LogP contribution is 2.45. The molecule has 4 aromatic carbocycles. The zero-order valence-electron chi connectivity index (χ0n) is 30.6. The van der Waals surface area contributed by atoms with Gasteiger partial charge in [0.2, 0.25) is 5.91 Å². The standard InChI is InChI=1S/C44H54N2O4.ClH/c1-48-39-21-11-10-16-35(39)32-42(47)45-27-14-24-44(37-17-6-4-7-18-37,38-19-8-5-9-20-38)25-15-29-46-28-13-12-23-43(46)26-22-34-30-40(49-2)41(50-3)31-36(34)33-43;/h4-11,16-21,30-31H,12-15,22-29,32-33H2,1-3H3,(H,45,47);1H. The summed E-state index contributed by atoms with van der Waals surface area (Å²) >= 11 is 0. The number of nitrogens with one attached hydrogen (secondary N) is 1. The minimum atomic E-state index is -0.151. The first kappa shape index (κ1) is 38.2. The third kappa shape index (κ3) is 8.73. The van der Waals surface area contributed by atoms with Crippen LogP contribution in [-0.2, 0) is 29.5 Å². The minimum absolute atomic E-state index is 0. The van der Waals surface area contributed by atoms with Gasteiger partial charge in [0.15, 0.2) is 11.5 Å².